The van der Waals surface area contributed by atoms with Gasteiger partial charge < -0.3 is 10.7 Å². The quantitative estimate of drug-likeness (QED) is 0.496. The van der Waals surface area contributed by atoms with Crippen LogP contribution in [-0.4, -0.2) is 16.0 Å². The number of nitrogens with two attached hydrogens (primary N) is 1. The van der Waals surface area contributed by atoms with Gasteiger partial charge in [0, 0.05) is 11.6 Å². The van der Waals surface area contributed by atoms with Crippen molar-refractivity contribution < 1.29 is 0 Å². The molecule has 0 saturated carbocycles. The maximum atomic E-state index is 5.36. The minimum absolute atomic E-state index is 0.348. The molecule has 0 amide bonds. The van der Waals surface area contributed by atoms with Crippen LogP contribution < -0.4 is 16.6 Å². The SMILES string of the molecule is CCc1c(NN)ncnc1NC(C)C. The first-order chi connectivity index (χ1) is 6.69. The average molecular weight is 195 g/mol. The summed E-state index contributed by atoms with van der Waals surface area (Å²) in [5, 5.41) is 3.25. The zero-order chi connectivity index (χ0) is 10.6. The largest absolute Gasteiger partial charge is 0.368 e. The molecular formula is C9H17N5. The predicted molar refractivity (Wildman–Crippen MR) is 58.0 cm³/mol. The van der Waals surface area contributed by atoms with Gasteiger partial charge in [-0.1, -0.05) is 6.92 Å². The first kappa shape index (κ1) is 10.7. The molecule has 78 valence electrons. The molecule has 5 nitrogen and oxygen atoms in total. The molecule has 0 radical (unpaired) electrons. The predicted octanol–water partition coefficient (Wildman–Crippen LogP) is 1.14. The van der Waals surface area contributed by atoms with Crippen LogP contribution in [0.5, 0.6) is 0 Å². The van der Waals surface area contributed by atoms with E-state index in [1.807, 2.05) is 6.92 Å². The second kappa shape index (κ2) is 4.76. The van der Waals surface area contributed by atoms with E-state index < -0.39 is 0 Å². The van der Waals surface area contributed by atoms with Crippen LogP contribution in [0.2, 0.25) is 0 Å². The normalized spacial score (nSPS) is 10.4. The molecule has 4 N–H and O–H groups in total. The van der Waals surface area contributed by atoms with E-state index in [1.165, 1.54) is 6.33 Å². The van der Waals surface area contributed by atoms with Gasteiger partial charge in [-0.25, -0.2) is 15.8 Å². The summed E-state index contributed by atoms with van der Waals surface area (Å²) in [6.45, 7) is 6.18. The minimum atomic E-state index is 0.348. The highest BCUT2D eigenvalue weighted by molar-refractivity contribution is 5.57. The van der Waals surface area contributed by atoms with E-state index in [0.29, 0.717) is 11.9 Å². The Labute approximate surface area is 84.1 Å². The first-order valence-corrected chi connectivity index (χ1v) is 4.76. The van der Waals surface area contributed by atoms with Gasteiger partial charge in [-0.3, -0.25) is 0 Å². The average Bonchev–Trinajstić information content (AvgIpc) is 2.16. The van der Waals surface area contributed by atoms with Gasteiger partial charge >= 0.3 is 0 Å². The maximum Gasteiger partial charge on any atom is 0.148 e. The maximum absolute atomic E-state index is 5.36. The Hall–Kier alpha value is -1.36. The van der Waals surface area contributed by atoms with E-state index in [9.17, 15) is 0 Å². The fourth-order valence-electron chi connectivity index (χ4n) is 1.27. The lowest BCUT2D eigenvalue weighted by Gasteiger charge is -2.14. The van der Waals surface area contributed by atoms with Crippen molar-refractivity contribution in [1.29, 1.82) is 0 Å². The molecule has 14 heavy (non-hydrogen) atoms. The number of hydrogen-bond donors (Lipinski definition) is 3. The van der Waals surface area contributed by atoms with Gasteiger partial charge in [0.05, 0.1) is 0 Å². The summed E-state index contributed by atoms with van der Waals surface area (Å²) < 4.78 is 0. The fraction of sp³-hybridized carbons (Fsp3) is 0.556. The summed E-state index contributed by atoms with van der Waals surface area (Å²) in [7, 11) is 0. The number of anilines is 2. The van der Waals surface area contributed by atoms with Gasteiger partial charge in [0.15, 0.2) is 0 Å². The van der Waals surface area contributed by atoms with Crippen molar-refractivity contribution in [3.05, 3.63) is 11.9 Å². The highest BCUT2D eigenvalue weighted by atomic mass is 15.3. The van der Waals surface area contributed by atoms with Crippen molar-refractivity contribution >= 4 is 11.6 Å². The molecule has 0 unspecified atom stereocenters. The van der Waals surface area contributed by atoms with Crippen LogP contribution in [0.4, 0.5) is 11.6 Å². The van der Waals surface area contributed by atoms with Crippen LogP contribution in [0.25, 0.3) is 0 Å². The lowest BCUT2D eigenvalue weighted by molar-refractivity contribution is 0.876. The zero-order valence-electron chi connectivity index (χ0n) is 8.83. The Morgan fingerprint density at radius 1 is 1.36 bits per heavy atom. The summed E-state index contributed by atoms with van der Waals surface area (Å²) in [5.41, 5.74) is 3.59. The van der Waals surface area contributed by atoms with Crippen LogP contribution >= 0.6 is 0 Å². The van der Waals surface area contributed by atoms with Crippen molar-refractivity contribution in [3.63, 3.8) is 0 Å². The highest BCUT2D eigenvalue weighted by Crippen LogP contribution is 2.19. The fourth-order valence-corrected chi connectivity index (χ4v) is 1.27. The molecule has 0 aliphatic rings. The minimum Gasteiger partial charge on any atom is -0.368 e. The lowest BCUT2D eigenvalue weighted by atomic mass is 10.2. The van der Waals surface area contributed by atoms with E-state index >= 15 is 0 Å². The monoisotopic (exact) mass is 195 g/mol. The van der Waals surface area contributed by atoms with Crippen molar-refractivity contribution in [1.82, 2.24) is 9.97 Å². The Balaban J connectivity index is 3.02. The van der Waals surface area contributed by atoms with E-state index in [0.717, 1.165) is 17.8 Å². The summed E-state index contributed by atoms with van der Waals surface area (Å²) in [6, 6.07) is 0.348. The lowest BCUT2D eigenvalue weighted by Crippen LogP contribution is -2.17. The van der Waals surface area contributed by atoms with Crippen molar-refractivity contribution in [3.8, 4) is 0 Å². The molecule has 1 aromatic rings. The van der Waals surface area contributed by atoms with Gasteiger partial charge in [-0.05, 0) is 20.3 Å². The van der Waals surface area contributed by atoms with Crippen LogP contribution in [0.1, 0.15) is 26.3 Å². The Kier molecular flexibility index (Phi) is 3.64. The Morgan fingerprint density at radius 2 is 2.00 bits per heavy atom. The summed E-state index contributed by atoms with van der Waals surface area (Å²) >= 11 is 0. The molecular weight excluding hydrogens is 178 g/mol. The van der Waals surface area contributed by atoms with E-state index in [-0.39, 0.29) is 0 Å². The van der Waals surface area contributed by atoms with E-state index in [2.05, 4.69) is 34.6 Å². The molecule has 0 bridgehead atoms. The molecule has 1 rings (SSSR count). The molecule has 0 aliphatic carbocycles. The highest BCUT2D eigenvalue weighted by Gasteiger charge is 2.08. The third kappa shape index (κ3) is 2.32. The number of nitrogen functional groups attached to an aromatic ring is 1. The number of hydrazine groups is 1. The third-order valence-electron chi connectivity index (χ3n) is 1.86. The topological polar surface area (TPSA) is 75.9 Å². The Bertz CT molecular complexity index is 297. The van der Waals surface area contributed by atoms with Crippen molar-refractivity contribution in [2.45, 2.75) is 33.2 Å². The molecule has 1 aromatic heterocycles. The van der Waals surface area contributed by atoms with Crippen molar-refractivity contribution in [2.75, 3.05) is 10.7 Å². The molecule has 0 fully saturated rings. The molecule has 0 spiro atoms. The van der Waals surface area contributed by atoms with Crippen LogP contribution in [-0.2, 0) is 6.42 Å². The first-order valence-electron chi connectivity index (χ1n) is 4.76. The second-order valence-corrected chi connectivity index (χ2v) is 3.35. The molecule has 0 saturated heterocycles. The molecule has 0 aromatic carbocycles. The van der Waals surface area contributed by atoms with Gasteiger partial charge in [-0.2, -0.15) is 0 Å². The van der Waals surface area contributed by atoms with Crippen LogP contribution in [0, 0.1) is 0 Å². The number of aromatic nitrogens is 2. The molecule has 0 atom stereocenters. The molecule has 0 aliphatic heterocycles. The zero-order valence-corrected chi connectivity index (χ0v) is 8.83. The van der Waals surface area contributed by atoms with Gasteiger partial charge in [0.25, 0.3) is 0 Å². The van der Waals surface area contributed by atoms with Crippen LogP contribution in [0.3, 0.4) is 0 Å². The number of nitrogens with one attached hydrogen (secondary N) is 2. The van der Waals surface area contributed by atoms with Gasteiger partial charge in [-0.15, -0.1) is 0 Å². The smallest absolute Gasteiger partial charge is 0.148 e. The summed E-state index contributed by atoms with van der Waals surface area (Å²) in [4.78, 5) is 8.23. The Morgan fingerprint density at radius 3 is 2.50 bits per heavy atom. The van der Waals surface area contributed by atoms with Gasteiger partial charge in [0.2, 0.25) is 0 Å². The second-order valence-electron chi connectivity index (χ2n) is 3.35. The standard InChI is InChI=1S/C9H17N5/c1-4-7-8(13-6(2)3)11-5-12-9(7)14-10/h5-6H,4,10H2,1-3H3,(H2,11,12,13,14). The van der Waals surface area contributed by atoms with E-state index in [1.54, 1.807) is 0 Å². The van der Waals surface area contributed by atoms with Crippen molar-refractivity contribution in [2.24, 2.45) is 5.84 Å². The van der Waals surface area contributed by atoms with Gasteiger partial charge in [0.1, 0.15) is 18.0 Å². The summed E-state index contributed by atoms with van der Waals surface area (Å²) in [6.07, 6.45) is 2.34. The molecule has 1 heterocycles. The summed E-state index contributed by atoms with van der Waals surface area (Å²) in [5.74, 6) is 6.90. The molecule has 5 heteroatoms. The number of nitrogens with zero attached hydrogens (tertiary/aromatic N) is 2. The van der Waals surface area contributed by atoms with Crippen LogP contribution in [0.15, 0.2) is 6.33 Å². The van der Waals surface area contributed by atoms with E-state index in [4.69, 9.17) is 5.84 Å². The third-order valence-corrected chi connectivity index (χ3v) is 1.86. The number of rotatable bonds is 4. The number of hydrogen-bond acceptors (Lipinski definition) is 5.